The number of imidazole rings is 1. The predicted octanol–water partition coefficient (Wildman–Crippen LogP) is 1.98. The smallest absolute Gasteiger partial charge is 0.226 e. The first kappa shape index (κ1) is 12.4. The Morgan fingerprint density at radius 2 is 2.10 bits per heavy atom. The summed E-state index contributed by atoms with van der Waals surface area (Å²) in [5, 5.41) is 9.18. The minimum absolute atomic E-state index is 0.0744. The third kappa shape index (κ3) is 2.04. The quantitative estimate of drug-likeness (QED) is 0.726. The van der Waals surface area contributed by atoms with Gasteiger partial charge in [0.2, 0.25) is 5.28 Å². The van der Waals surface area contributed by atoms with Crippen LogP contribution in [0.4, 0.5) is 5.82 Å². The van der Waals surface area contributed by atoms with E-state index >= 15 is 0 Å². The van der Waals surface area contributed by atoms with Gasteiger partial charge in [0.1, 0.15) is 5.52 Å². The fourth-order valence-electron chi connectivity index (χ4n) is 2.00. The maximum absolute atomic E-state index is 9.11. The van der Waals surface area contributed by atoms with E-state index in [1.165, 1.54) is 0 Å². The van der Waals surface area contributed by atoms with E-state index in [1.54, 1.807) is 17.0 Å². The Balaban J connectivity index is 2.10. The summed E-state index contributed by atoms with van der Waals surface area (Å²) in [6, 6.07) is 9.52. The van der Waals surface area contributed by atoms with Gasteiger partial charge < -0.3 is 10.3 Å². The minimum atomic E-state index is 0.0744. The number of hydrogen-bond donors (Lipinski definition) is 1. The van der Waals surface area contributed by atoms with Gasteiger partial charge in [0.05, 0.1) is 24.5 Å². The van der Waals surface area contributed by atoms with Crippen LogP contribution in [0, 0.1) is 11.3 Å². The van der Waals surface area contributed by atoms with Gasteiger partial charge in [-0.3, -0.25) is 0 Å². The van der Waals surface area contributed by atoms with Gasteiger partial charge in [-0.2, -0.15) is 15.2 Å². The van der Waals surface area contributed by atoms with Crippen molar-refractivity contribution in [2.24, 2.45) is 0 Å². The number of nitrogen functional groups attached to an aromatic ring is 1. The Labute approximate surface area is 119 Å². The van der Waals surface area contributed by atoms with Crippen molar-refractivity contribution in [3.63, 3.8) is 0 Å². The topological polar surface area (TPSA) is 93.4 Å². The summed E-state index contributed by atoms with van der Waals surface area (Å²) in [7, 11) is 0. The highest BCUT2D eigenvalue weighted by Gasteiger charge is 2.11. The maximum Gasteiger partial charge on any atom is 0.226 e. The highest BCUT2D eigenvalue weighted by molar-refractivity contribution is 6.28. The molecule has 0 fully saturated rings. The van der Waals surface area contributed by atoms with Crippen molar-refractivity contribution in [3.05, 3.63) is 47.0 Å². The van der Waals surface area contributed by atoms with Crippen molar-refractivity contribution in [1.29, 1.82) is 5.26 Å². The van der Waals surface area contributed by atoms with Crippen molar-refractivity contribution in [2.75, 3.05) is 5.73 Å². The largest absolute Gasteiger partial charge is 0.382 e. The van der Waals surface area contributed by atoms with Crippen LogP contribution in [0.5, 0.6) is 0 Å². The van der Waals surface area contributed by atoms with Crippen LogP contribution < -0.4 is 5.73 Å². The molecule has 3 rings (SSSR count). The molecule has 3 aromatic rings. The first-order chi connectivity index (χ1) is 9.69. The molecule has 0 atom stereocenters. The van der Waals surface area contributed by atoms with Crippen LogP contribution in [0.1, 0.15) is 11.1 Å². The normalized spacial score (nSPS) is 10.6. The molecular weight excluding hydrogens is 276 g/mol. The molecule has 20 heavy (non-hydrogen) atoms. The van der Waals surface area contributed by atoms with Crippen molar-refractivity contribution in [2.45, 2.75) is 6.54 Å². The molecule has 0 aliphatic heterocycles. The lowest BCUT2D eigenvalue weighted by molar-refractivity contribution is 0.811. The zero-order valence-electron chi connectivity index (χ0n) is 10.3. The summed E-state index contributed by atoms with van der Waals surface area (Å²) >= 11 is 5.82. The first-order valence-electron chi connectivity index (χ1n) is 5.81. The Kier molecular flexibility index (Phi) is 2.97. The lowest BCUT2D eigenvalue weighted by Crippen LogP contribution is -2.03. The van der Waals surface area contributed by atoms with E-state index in [0.29, 0.717) is 23.3 Å². The second-order valence-corrected chi connectivity index (χ2v) is 4.53. The van der Waals surface area contributed by atoms with Gasteiger partial charge >= 0.3 is 0 Å². The molecule has 98 valence electrons. The van der Waals surface area contributed by atoms with E-state index < -0.39 is 0 Å². The van der Waals surface area contributed by atoms with Crippen LogP contribution >= 0.6 is 11.6 Å². The average molecular weight is 285 g/mol. The van der Waals surface area contributed by atoms with Crippen LogP contribution in [-0.4, -0.2) is 19.5 Å². The Morgan fingerprint density at radius 3 is 2.90 bits per heavy atom. The molecule has 2 aromatic heterocycles. The summed E-state index contributed by atoms with van der Waals surface area (Å²) in [6.45, 7) is 0.465. The molecule has 0 radical (unpaired) electrons. The number of nitriles is 1. The number of nitrogens with zero attached hydrogens (tertiary/aromatic N) is 5. The van der Waals surface area contributed by atoms with E-state index in [2.05, 4.69) is 21.0 Å². The zero-order chi connectivity index (χ0) is 14.1. The molecule has 7 heteroatoms. The monoisotopic (exact) mass is 284 g/mol. The molecule has 2 heterocycles. The van der Waals surface area contributed by atoms with Crippen molar-refractivity contribution >= 4 is 28.6 Å². The SMILES string of the molecule is N#Cc1ccccc1Cn1cnc2c(N)nc(Cl)nc21. The van der Waals surface area contributed by atoms with Gasteiger partial charge in [-0.15, -0.1) is 0 Å². The highest BCUT2D eigenvalue weighted by atomic mass is 35.5. The number of aromatic nitrogens is 4. The van der Waals surface area contributed by atoms with Crippen LogP contribution in [0.25, 0.3) is 11.2 Å². The van der Waals surface area contributed by atoms with E-state index in [1.807, 2.05) is 18.2 Å². The molecule has 0 amide bonds. The van der Waals surface area contributed by atoms with Gasteiger partial charge in [0.25, 0.3) is 0 Å². The number of anilines is 1. The number of benzene rings is 1. The Bertz CT molecular complexity index is 832. The van der Waals surface area contributed by atoms with E-state index in [4.69, 9.17) is 22.6 Å². The van der Waals surface area contributed by atoms with Crippen molar-refractivity contribution in [3.8, 4) is 6.07 Å². The average Bonchev–Trinajstić information content (AvgIpc) is 2.83. The lowest BCUT2D eigenvalue weighted by Gasteiger charge is -2.06. The molecule has 0 aliphatic rings. The van der Waals surface area contributed by atoms with Crippen LogP contribution in [-0.2, 0) is 6.54 Å². The molecule has 0 unspecified atom stereocenters. The fourth-order valence-corrected chi connectivity index (χ4v) is 2.18. The molecule has 1 aromatic carbocycles. The minimum Gasteiger partial charge on any atom is -0.382 e. The van der Waals surface area contributed by atoms with Gasteiger partial charge in [-0.1, -0.05) is 18.2 Å². The molecule has 0 saturated carbocycles. The molecular formula is C13H9ClN6. The number of nitrogens with two attached hydrogens (primary N) is 1. The first-order valence-corrected chi connectivity index (χ1v) is 6.18. The Hall–Kier alpha value is -2.65. The van der Waals surface area contributed by atoms with Gasteiger partial charge in [0.15, 0.2) is 11.5 Å². The summed E-state index contributed by atoms with van der Waals surface area (Å²) in [4.78, 5) is 12.2. The highest BCUT2D eigenvalue weighted by Crippen LogP contribution is 2.19. The third-order valence-corrected chi connectivity index (χ3v) is 3.11. The van der Waals surface area contributed by atoms with E-state index in [0.717, 1.165) is 5.56 Å². The van der Waals surface area contributed by atoms with E-state index in [9.17, 15) is 0 Å². The summed E-state index contributed by atoms with van der Waals surface area (Å²) in [5.74, 6) is 0.243. The van der Waals surface area contributed by atoms with Gasteiger partial charge in [-0.25, -0.2) is 4.98 Å². The summed E-state index contributed by atoms with van der Waals surface area (Å²) in [5.41, 5.74) is 8.30. The number of fused-ring (bicyclic) bond motifs is 1. The summed E-state index contributed by atoms with van der Waals surface area (Å²) in [6.07, 6.45) is 1.61. The van der Waals surface area contributed by atoms with Crippen molar-refractivity contribution in [1.82, 2.24) is 19.5 Å². The molecule has 0 aliphatic carbocycles. The Morgan fingerprint density at radius 1 is 1.30 bits per heavy atom. The standard InChI is InChI=1S/C13H9ClN6/c14-13-18-11(16)10-12(19-13)20(7-17-10)6-9-4-2-1-3-8(9)5-15/h1-4,7H,6H2,(H2,16,18,19). The number of hydrogen-bond acceptors (Lipinski definition) is 5. The van der Waals surface area contributed by atoms with Crippen LogP contribution in [0.15, 0.2) is 30.6 Å². The maximum atomic E-state index is 9.11. The zero-order valence-corrected chi connectivity index (χ0v) is 11.0. The predicted molar refractivity (Wildman–Crippen MR) is 75.0 cm³/mol. The molecule has 0 saturated heterocycles. The molecule has 0 bridgehead atoms. The number of rotatable bonds is 2. The van der Waals surface area contributed by atoms with E-state index in [-0.39, 0.29) is 11.1 Å². The molecule has 0 spiro atoms. The number of halogens is 1. The molecule has 6 nitrogen and oxygen atoms in total. The third-order valence-electron chi connectivity index (χ3n) is 2.94. The van der Waals surface area contributed by atoms with Crippen molar-refractivity contribution < 1.29 is 0 Å². The molecule has 2 N–H and O–H groups in total. The fraction of sp³-hybridized carbons (Fsp3) is 0.0769. The second-order valence-electron chi connectivity index (χ2n) is 4.19. The summed E-state index contributed by atoms with van der Waals surface area (Å²) < 4.78 is 1.79. The van der Waals surface area contributed by atoms with Crippen LogP contribution in [0.3, 0.4) is 0 Å². The lowest BCUT2D eigenvalue weighted by atomic mass is 10.1. The van der Waals surface area contributed by atoms with Crippen LogP contribution in [0.2, 0.25) is 5.28 Å². The van der Waals surface area contributed by atoms with Gasteiger partial charge in [-0.05, 0) is 23.2 Å². The van der Waals surface area contributed by atoms with Gasteiger partial charge in [0, 0.05) is 0 Å². The second kappa shape index (κ2) is 4.79.